The van der Waals surface area contributed by atoms with Crippen LogP contribution in [0.25, 0.3) is 0 Å². The minimum absolute atomic E-state index is 0.0757. The van der Waals surface area contributed by atoms with Gasteiger partial charge in [0.25, 0.3) is 11.6 Å². The maximum absolute atomic E-state index is 13.8. The van der Waals surface area contributed by atoms with E-state index in [0.29, 0.717) is 0 Å². The lowest BCUT2D eigenvalue weighted by Crippen LogP contribution is -2.65. The number of nitro benzene ring substituents is 1. The molecule has 1 aromatic carbocycles. The average Bonchev–Trinajstić information content (AvgIpc) is 2.72. The largest absolute Gasteiger partial charge is 0.310 e. The fourth-order valence-corrected chi connectivity index (χ4v) is 4.42. The first-order valence-corrected chi connectivity index (χ1v) is 7.95. The van der Waals surface area contributed by atoms with Crippen molar-refractivity contribution in [1.29, 1.82) is 0 Å². The highest BCUT2D eigenvalue weighted by Gasteiger charge is 2.65. The van der Waals surface area contributed by atoms with E-state index in [1.165, 1.54) is 0 Å². The summed E-state index contributed by atoms with van der Waals surface area (Å²) in [5, 5.41) is 13.2. The fourth-order valence-electron chi connectivity index (χ4n) is 2.81. The van der Waals surface area contributed by atoms with Crippen LogP contribution < -0.4 is 5.32 Å². The molecule has 0 saturated carbocycles. The summed E-state index contributed by atoms with van der Waals surface area (Å²) in [5.41, 5.74) is -1.58. The number of sulfonamides is 1. The van der Waals surface area contributed by atoms with E-state index in [4.69, 9.17) is 0 Å². The highest BCUT2D eigenvalue weighted by atomic mass is 32.2. The number of benzene rings is 1. The van der Waals surface area contributed by atoms with Gasteiger partial charge in [-0.25, -0.2) is 17.2 Å². The minimum atomic E-state index is -3.91. The van der Waals surface area contributed by atoms with Crippen LogP contribution in [-0.4, -0.2) is 49.7 Å². The molecule has 0 atom stereocenters. The van der Waals surface area contributed by atoms with E-state index >= 15 is 0 Å². The average molecular weight is 333 g/mol. The van der Waals surface area contributed by atoms with Crippen molar-refractivity contribution in [1.82, 2.24) is 9.62 Å². The minimum Gasteiger partial charge on any atom is -0.310 e. The van der Waals surface area contributed by atoms with Crippen LogP contribution in [-0.2, 0) is 10.0 Å². The molecule has 2 aliphatic rings. The number of nitrogens with one attached hydrogen (secondary N) is 1. The van der Waals surface area contributed by atoms with Gasteiger partial charge in [0.1, 0.15) is 0 Å². The molecule has 3 rings (SSSR count). The van der Waals surface area contributed by atoms with Crippen molar-refractivity contribution >= 4 is 15.7 Å². The van der Waals surface area contributed by atoms with Crippen molar-refractivity contribution in [3.8, 4) is 0 Å². The summed E-state index contributed by atoms with van der Waals surface area (Å²) in [6, 6.07) is 4.38. The van der Waals surface area contributed by atoms with Gasteiger partial charge in [0.05, 0.1) is 21.8 Å². The molecule has 1 aromatic rings. The summed E-state index contributed by atoms with van der Waals surface area (Å²) in [6.07, 6.45) is 0. The molecule has 1 spiro atoms. The van der Waals surface area contributed by atoms with Crippen molar-refractivity contribution in [3.63, 3.8) is 0 Å². The van der Waals surface area contributed by atoms with Gasteiger partial charge in [-0.2, -0.15) is 4.31 Å². The predicted molar refractivity (Wildman–Crippen MR) is 72.1 cm³/mol. The first-order valence-electron chi connectivity index (χ1n) is 6.51. The van der Waals surface area contributed by atoms with Crippen LogP contribution in [0.2, 0.25) is 0 Å². The van der Waals surface area contributed by atoms with E-state index in [-0.39, 0.29) is 30.2 Å². The first-order chi connectivity index (χ1) is 10.2. The highest BCUT2D eigenvalue weighted by molar-refractivity contribution is 7.89. The number of halogens is 2. The van der Waals surface area contributed by atoms with Crippen LogP contribution in [0.1, 0.15) is 0 Å². The lowest BCUT2D eigenvalue weighted by molar-refractivity contribution is -0.384. The smallest absolute Gasteiger partial charge is 0.269 e. The van der Waals surface area contributed by atoms with E-state index in [0.717, 1.165) is 28.6 Å². The molecule has 2 heterocycles. The lowest BCUT2D eigenvalue weighted by atomic mass is 9.78. The second-order valence-electron chi connectivity index (χ2n) is 5.61. The number of non-ortho nitro benzene ring substituents is 1. The third-order valence-corrected chi connectivity index (χ3v) is 6.04. The van der Waals surface area contributed by atoms with E-state index in [2.05, 4.69) is 5.32 Å². The Kier molecular flexibility index (Phi) is 3.24. The third-order valence-electron chi connectivity index (χ3n) is 4.23. The van der Waals surface area contributed by atoms with Gasteiger partial charge in [-0.05, 0) is 12.1 Å². The Bertz CT molecular complexity index is 714. The Morgan fingerprint density at radius 3 is 2.23 bits per heavy atom. The second-order valence-corrected chi connectivity index (χ2v) is 7.55. The molecule has 10 heteroatoms. The van der Waals surface area contributed by atoms with Crippen LogP contribution in [0.5, 0.6) is 0 Å². The van der Waals surface area contributed by atoms with Crippen LogP contribution in [0, 0.1) is 15.5 Å². The molecular formula is C12H13F2N3O4S. The van der Waals surface area contributed by atoms with Gasteiger partial charge in [0, 0.05) is 31.8 Å². The summed E-state index contributed by atoms with van der Waals surface area (Å²) < 4.78 is 53.2. The quantitative estimate of drug-likeness (QED) is 0.653. The number of nitro groups is 1. The van der Waals surface area contributed by atoms with E-state index < -0.39 is 32.8 Å². The van der Waals surface area contributed by atoms with Crippen molar-refractivity contribution in [2.24, 2.45) is 5.41 Å². The zero-order valence-electron chi connectivity index (χ0n) is 11.3. The summed E-state index contributed by atoms with van der Waals surface area (Å²) >= 11 is 0. The Morgan fingerprint density at radius 1 is 1.18 bits per heavy atom. The zero-order chi connectivity index (χ0) is 16.2. The van der Waals surface area contributed by atoms with Crippen LogP contribution in [0.4, 0.5) is 14.5 Å². The lowest BCUT2D eigenvalue weighted by Gasteiger charge is -2.49. The van der Waals surface area contributed by atoms with Gasteiger partial charge >= 0.3 is 0 Å². The first kappa shape index (κ1) is 15.3. The number of nitrogens with zero attached hydrogens (tertiary/aromatic N) is 2. The van der Waals surface area contributed by atoms with Crippen LogP contribution in [0.3, 0.4) is 0 Å². The monoisotopic (exact) mass is 333 g/mol. The van der Waals surface area contributed by atoms with Gasteiger partial charge in [0.15, 0.2) is 0 Å². The zero-order valence-corrected chi connectivity index (χ0v) is 12.1. The maximum atomic E-state index is 13.8. The van der Waals surface area contributed by atoms with Crippen molar-refractivity contribution in [2.75, 3.05) is 26.2 Å². The second kappa shape index (κ2) is 4.67. The fraction of sp³-hybridized carbons (Fsp3) is 0.500. The van der Waals surface area contributed by atoms with E-state index in [1.807, 2.05) is 0 Å². The van der Waals surface area contributed by atoms with E-state index in [1.54, 1.807) is 0 Å². The third kappa shape index (κ3) is 2.09. The Labute approximate surface area is 125 Å². The molecule has 0 aliphatic carbocycles. The molecule has 0 bridgehead atoms. The molecule has 2 fully saturated rings. The maximum Gasteiger partial charge on any atom is 0.269 e. The van der Waals surface area contributed by atoms with Crippen molar-refractivity contribution in [3.05, 3.63) is 34.4 Å². The van der Waals surface area contributed by atoms with Gasteiger partial charge in [-0.1, -0.05) is 0 Å². The Balaban J connectivity index is 1.80. The number of hydrogen-bond acceptors (Lipinski definition) is 5. The number of hydrogen-bond donors (Lipinski definition) is 1. The van der Waals surface area contributed by atoms with Crippen molar-refractivity contribution in [2.45, 2.75) is 10.8 Å². The molecule has 2 saturated heterocycles. The topological polar surface area (TPSA) is 92.5 Å². The molecule has 7 nitrogen and oxygen atoms in total. The molecule has 1 N–H and O–H groups in total. The molecule has 2 aliphatic heterocycles. The summed E-state index contributed by atoms with van der Waals surface area (Å²) in [4.78, 5) is 9.78. The van der Waals surface area contributed by atoms with Gasteiger partial charge in [0.2, 0.25) is 10.0 Å². The molecule has 22 heavy (non-hydrogen) atoms. The van der Waals surface area contributed by atoms with Gasteiger partial charge in [-0.3, -0.25) is 10.1 Å². The number of alkyl halides is 2. The Morgan fingerprint density at radius 2 is 1.77 bits per heavy atom. The summed E-state index contributed by atoms with van der Waals surface area (Å²) in [5.74, 6) is -2.94. The molecule has 0 amide bonds. The molecular weight excluding hydrogens is 320 g/mol. The SMILES string of the molecule is O=[N+]([O-])c1ccc(S(=O)(=O)N2CC3(CNCC3(F)F)C2)cc1. The normalized spacial score (nSPS) is 23.4. The van der Waals surface area contributed by atoms with E-state index in [9.17, 15) is 27.3 Å². The van der Waals surface area contributed by atoms with Crippen molar-refractivity contribution < 1.29 is 22.1 Å². The molecule has 0 unspecified atom stereocenters. The summed E-state index contributed by atoms with van der Waals surface area (Å²) in [6.45, 7) is -0.886. The van der Waals surface area contributed by atoms with Crippen LogP contribution >= 0.6 is 0 Å². The Hall–Kier alpha value is -1.65. The predicted octanol–water partition coefficient (Wildman–Crippen LogP) is 0.824. The van der Waals surface area contributed by atoms with Crippen LogP contribution in [0.15, 0.2) is 29.2 Å². The molecule has 0 aromatic heterocycles. The molecule has 0 radical (unpaired) electrons. The molecule has 120 valence electrons. The standard InChI is InChI=1S/C12H13F2N3O4S/c13-12(14)6-15-5-11(12)7-16(8-11)22(20,21)10-3-1-9(2-4-10)17(18)19/h1-4,15H,5-8H2. The van der Waals surface area contributed by atoms with Gasteiger partial charge in [-0.15, -0.1) is 0 Å². The number of rotatable bonds is 3. The highest BCUT2D eigenvalue weighted by Crippen LogP contribution is 2.48. The summed E-state index contributed by atoms with van der Waals surface area (Å²) in [7, 11) is -3.91. The van der Waals surface area contributed by atoms with Gasteiger partial charge < -0.3 is 5.32 Å².